The molecule has 4 N–H and O–H groups in total. The fourth-order valence-electron chi connectivity index (χ4n) is 4.87. The first kappa shape index (κ1) is 32.8. The van der Waals surface area contributed by atoms with Crippen LogP contribution in [0.25, 0.3) is 0 Å². The Labute approximate surface area is 263 Å². The van der Waals surface area contributed by atoms with Gasteiger partial charge in [0.25, 0.3) is 0 Å². The summed E-state index contributed by atoms with van der Waals surface area (Å²) in [6, 6.07) is 33.6. The van der Waals surface area contributed by atoms with Gasteiger partial charge in [0.15, 0.2) is 0 Å². The lowest BCUT2D eigenvalue weighted by molar-refractivity contribution is -0.142. The van der Waals surface area contributed by atoms with Gasteiger partial charge in [-0.15, -0.1) is 0 Å². The summed E-state index contributed by atoms with van der Waals surface area (Å²) in [6.07, 6.45) is 0.468. The number of rotatable bonds is 16. The SMILES string of the molecule is NC(=O)[C@@H](CO)N(CCCc1ccccc1)C(=O)[C@H](Cc1ccc(OCc2ccccc2)cc1)NC(=O)OCc1ccccc1. The van der Waals surface area contributed by atoms with Crippen LogP contribution >= 0.6 is 0 Å². The molecule has 0 aliphatic heterocycles. The summed E-state index contributed by atoms with van der Waals surface area (Å²) < 4.78 is 11.3. The number of nitrogens with zero attached hydrogens (tertiary/aromatic N) is 1. The summed E-state index contributed by atoms with van der Waals surface area (Å²) >= 11 is 0. The number of hydrogen-bond donors (Lipinski definition) is 3. The number of primary amides is 1. The molecule has 0 saturated carbocycles. The zero-order valence-electron chi connectivity index (χ0n) is 25.1. The minimum atomic E-state index is -1.26. The lowest BCUT2D eigenvalue weighted by Gasteiger charge is -2.32. The average Bonchev–Trinajstić information content (AvgIpc) is 3.07. The normalized spacial score (nSPS) is 12.0. The second-order valence-electron chi connectivity index (χ2n) is 10.6. The second-order valence-corrected chi connectivity index (χ2v) is 10.6. The number of alkyl carbamates (subject to hydrolysis) is 1. The lowest BCUT2D eigenvalue weighted by Crippen LogP contribution is -2.57. The number of aliphatic hydroxyl groups excluding tert-OH is 1. The van der Waals surface area contributed by atoms with Crippen LogP contribution in [0.15, 0.2) is 115 Å². The van der Waals surface area contributed by atoms with Crippen LogP contribution in [0.2, 0.25) is 0 Å². The fraction of sp³-hybridized carbons (Fsp3) is 0.250. The topological polar surface area (TPSA) is 131 Å². The van der Waals surface area contributed by atoms with E-state index in [-0.39, 0.29) is 19.6 Å². The Morgan fingerprint density at radius 2 is 1.29 bits per heavy atom. The van der Waals surface area contributed by atoms with Gasteiger partial charge in [-0.1, -0.05) is 103 Å². The summed E-state index contributed by atoms with van der Waals surface area (Å²) in [5.74, 6) is -0.741. The van der Waals surface area contributed by atoms with E-state index in [0.29, 0.717) is 25.2 Å². The number of ether oxygens (including phenoxy) is 2. The molecule has 0 aromatic heterocycles. The number of nitrogens with two attached hydrogens (primary N) is 1. The molecule has 0 aliphatic carbocycles. The van der Waals surface area contributed by atoms with Crippen molar-refractivity contribution in [3.63, 3.8) is 0 Å². The maximum atomic E-state index is 14.0. The molecular weight excluding hydrogens is 570 g/mol. The molecule has 234 valence electrons. The molecule has 4 aromatic carbocycles. The van der Waals surface area contributed by atoms with Crippen molar-refractivity contribution in [2.45, 2.75) is 44.6 Å². The van der Waals surface area contributed by atoms with Gasteiger partial charge < -0.3 is 30.5 Å². The van der Waals surface area contributed by atoms with Gasteiger partial charge in [0.05, 0.1) is 6.61 Å². The van der Waals surface area contributed by atoms with Crippen LogP contribution in [0, 0.1) is 0 Å². The number of amides is 3. The van der Waals surface area contributed by atoms with E-state index < -0.39 is 36.6 Å². The van der Waals surface area contributed by atoms with Gasteiger partial charge in [-0.05, 0) is 47.2 Å². The highest BCUT2D eigenvalue weighted by Gasteiger charge is 2.33. The van der Waals surface area contributed by atoms with E-state index in [2.05, 4.69) is 5.32 Å². The van der Waals surface area contributed by atoms with Gasteiger partial charge in [-0.25, -0.2) is 4.79 Å². The van der Waals surface area contributed by atoms with Crippen molar-refractivity contribution in [2.24, 2.45) is 5.73 Å². The summed E-state index contributed by atoms with van der Waals surface area (Å²) in [5, 5.41) is 12.7. The first-order valence-electron chi connectivity index (χ1n) is 14.9. The minimum Gasteiger partial charge on any atom is -0.489 e. The molecule has 0 unspecified atom stereocenters. The van der Waals surface area contributed by atoms with Gasteiger partial charge in [-0.2, -0.15) is 0 Å². The molecule has 0 saturated heterocycles. The highest BCUT2D eigenvalue weighted by atomic mass is 16.5. The zero-order valence-corrected chi connectivity index (χ0v) is 25.1. The second kappa shape index (κ2) is 17.2. The van der Waals surface area contributed by atoms with E-state index in [1.54, 1.807) is 12.1 Å². The molecule has 3 amide bonds. The summed E-state index contributed by atoms with van der Waals surface area (Å²) in [7, 11) is 0. The summed E-state index contributed by atoms with van der Waals surface area (Å²) in [6.45, 7) is -0.0808. The molecule has 0 aliphatic rings. The fourth-order valence-corrected chi connectivity index (χ4v) is 4.87. The van der Waals surface area contributed by atoms with Crippen LogP contribution < -0.4 is 15.8 Å². The van der Waals surface area contributed by atoms with Gasteiger partial charge in [-0.3, -0.25) is 9.59 Å². The Kier molecular flexibility index (Phi) is 12.5. The number of carbonyl (C=O) groups is 3. The number of aliphatic hydroxyl groups is 1. The predicted octanol–water partition coefficient (Wildman–Crippen LogP) is 4.41. The third-order valence-corrected chi connectivity index (χ3v) is 7.28. The third kappa shape index (κ3) is 10.5. The Bertz CT molecular complexity index is 1480. The smallest absolute Gasteiger partial charge is 0.408 e. The van der Waals surface area contributed by atoms with E-state index in [4.69, 9.17) is 15.2 Å². The van der Waals surface area contributed by atoms with Crippen LogP contribution in [-0.2, 0) is 40.4 Å². The number of nitrogens with one attached hydrogen (secondary N) is 1. The quantitative estimate of drug-likeness (QED) is 0.173. The number of hydrogen-bond acceptors (Lipinski definition) is 6. The van der Waals surface area contributed by atoms with Crippen molar-refractivity contribution < 1.29 is 29.0 Å². The molecule has 4 aromatic rings. The maximum Gasteiger partial charge on any atom is 0.408 e. The Hall–Kier alpha value is -5.15. The minimum absolute atomic E-state index is 0.0162. The summed E-state index contributed by atoms with van der Waals surface area (Å²) in [4.78, 5) is 40.5. The van der Waals surface area contributed by atoms with Crippen LogP contribution in [0.5, 0.6) is 5.75 Å². The van der Waals surface area contributed by atoms with E-state index in [0.717, 1.165) is 22.3 Å². The standard InChI is InChI=1S/C36H39N3O6/c37-34(41)33(24-40)39(22-10-17-27-11-4-1-5-12-27)35(42)32(38-36(43)45-26-30-15-8-3-9-16-30)23-28-18-20-31(21-19-28)44-25-29-13-6-2-7-14-29/h1-9,11-16,18-21,32-33,40H,10,17,22-26H2,(H2,37,41)(H,38,43)/t32-,33+/m0/s1. The highest BCUT2D eigenvalue weighted by Crippen LogP contribution is 2.17. The van der Waals surface area contributed by atoms with Gasteiger partial charge in [0.2, 0.25) is 11.8 Å². The predicted molar refractivity (Wildman–Crippen MR) is 171 cm³/mol. The Morgan fingerprint density at radius 3 is 1.84 bits per heavy atom. The molecule has 4 rings (SSSR count). The zero-order chi connectivity index (χ0) is 31.9. The molecule has 0 bridgehead atoms. The van der Waals surface area contributed by atoms with Crippen LogP contribution in [0.4, 0.5) is 4.79 Å². The highest BCUT2D eigenvalue weighted by molar-refractivity contribution is 5.91. The molecule has 45 heavy (non-hydrogen) atoms. The molecule has 0 fully saturated rings. The van der Waals surface area contributed by atoms with Gasteiger partial charge in [0, 0.05) is 13.0 Å². The molecule has 9 nitrogen and oxygen atoms in total. The van der Waals surface area contributed by atoms with Gasteiger partial charge >= 0.3 is 6.09 Å². The largest absolute Gasteiger partial charge is 0.489 e. The van der Waals surface area contributed by atoms with E-state index >= 15 is 0 Å². The molecule has 9 heteroatoms. The molecule has 0 spiro atoms. The summed E-state index contributed by atoms with van der Waals surface area (Å²) in [5.41, 5.74) is 9.24. The number of carbonyl (C=O) groups excluding carboxylic acids is 3. The molecule has 0 heterocycles. The van der Waals surface area contributed by atoms with E-state index in [9.17, 15) is 19.5 Å². The maximum absolute atomic E-state index is 14.0. The first-order chi connectivity index (χ1) is 21.9. The Balaban J connectivity index is 1.49. The number of benzene rings is 4. The van der Waals surface area contributed by atoms with Crippen LogP contribution in [-0.4, -0.2) is 53.1 Å². The van der Waals surface area contributed by atoms with Crippen molar-refractivity contribution in [3.05, 3.63) is 138 Å². The molecule has 2 atom stereocenters. The third-order valence-electron chi connectivity index (χ3n) is 7.28. The van der Waals surface area contributed by atoms with Crippen molar-refractivity contribution in [1.29, 1.82) is 0 Å². The van der Waals surface area contributed by atoms with Crippen LogP contribution in [0.3, 0.4) is 0 Å². The van der Waals surface area contributed by atoms with Crippen molar-refractivity contribution in [3.8, 4) is 5.75 Å². The number of aryl methyl sites for hydroxylation is 1. The van der Waals surface area contributed by atoms with Gasteiger partial charge in [0.1, 0.15) is 31.0 Å². The van der Waals surface area contributed by atoms with E-state index in [1.807, 2.05) is 103 Å². The lowest BCUT2D eigenvalue weighted by atomic mass is 10.0. The first-order valence-corrected chi connectivity index (χ1v) is 14.9. The van der Waals surface area contributed by atoms with Crippen molar-refractivity contribution >= 4 is 17.9 Å². The monoisotopic (exact) mass is 609 g/mol. The average molecular weight is 610 g/mol. The Morgan fingerprint density at radius 1 is 0.733 bits per heavy atom. The van der Waals surface area contributed by atoms with Crippen molar-refractivity contribution in [1.82, 2.24) is 10.2 Å². The molecule has 0 radical (unpaired) electrons. The van der Waals surface area contributed by atoms with E-state index in [1.165, 1.54) is 4.90 Å². The van der Waals surface area contributed by atoms with Crippen LogP contribution in [0.1, 0.15) is 28.7 Å². The van der Waals surface area contributed by atoms with Crippen molar-refractivity contribution in [2.75, 3.05) is 13.2 Å². The molecular formula is C36H39N3O6.